The zero-order valence-electron chi connectivity index (χ0n) is 37.4. The smallest absolute Gasteiger partial charge is 0.0415 e. The number of hydrogen-bond acceptors (Lipinski definition) is 10. The maximum absolute atomic E-state index is 13.9. The van der Waals surface area contributed by atoms with E-state index in [0.717, 1.165) is 11.1 Å². The average molecular weight is 989 g/mol. The van der Waals surface area contributed by atoms with E-state index in [1.165, 1.54) is 24.9 Å². The monoisotopic (exact) mass is 986 g/mol. The van der Waals surface area contributed by atoms with Gasteiger partial charge in [-0.05, 0) is 130 Å². The third-order valence-electron chi connectivity index (χ3n) is 11.4. The molecule has 0 radical (unpaired) electrons. The highest BCUT2D eigenvalue weighted by molar-refractivity contribution is 6.32. The summed E-state index contributed by atoms with van der Waals surface area (Å²) >= 11 is 26.4. The Kier molecular flexibility index (Phi) is 18.5. The minimum Gasteiger partial charge on any atom is -0.872 e. The van der Waals surface area contributed by atoms with Gasteiger partial charge in [-0.1, -0.05) is 130 Å². The Morgan fingerprint density at radius 3 is 0.912 bits per heavy atom. The molecule has 68 heavy (non-hydrogen) atoms. The number of aliphatic imine (C=N–C) groups is 4. The molecule has 0 unspecified atom stereocenters. The van der Waals surface area contributed by atoms with Gasteiger partial charge >= 0.3 is 0 Å². The Bertz CT molecular complexity index is 2440. The van der Waals surface area contributed by atoms with Gasteiger partial charge in [0.2, 0.25) is 0 Å². The number of hydrogen-bond donors (Lipinski definition) is 0. The van der Waals surface area contributed by atoms with E-state index in [2.05, 4.69) is 20.0 Å². The van der Waals surface area contributed by atoms with E-state index in [1.807, 2.05) is 70.5 Å². The molecule has 0 fully saturated rings. The first-order valence-electron chi connectivity index (χ1n) is 22.5. The predicted octanol–water partition coefficient (Wildman–Crippen LogP) is 9.25. The summed E-state index contributed by atoms with van der Waals surface area (Å²) in [6.07, 6.45) is 8.58. The molecule has 0 saturated carbocycles. The van der Waals surface area contributed by atoms with Crippen molar-refractivity contribution in [2.24, 2.45) is 20.0 Å². The van der Waals surface area contributed by atoms with Crippen LogP contribution in [0.4, 0.5) is 0 Å². The van der Waals surface area contributed by atoms with Crippen molar-refractivity contribution in [1.82, 2.24) is 9.80 Å². The van der Waals surface area contributed by atoms with E-state index in [9.17, 15) is 20.4 Å². The molecule has 0 amide bonds. The van der Waals surface area contributed by atoms with Crippen LogP contribution in [-0.4, -0.2) is 73.9 Å². The molecule has 0 atom stereocenters. The van der Waals surface area contributed by atoms with Gasteiger partial charge in [0.25, 0.3) is 0 Å². The average Bonchev–Trinajstić information content (AvgIpc) is 3.32. The molecule has 1 aliphatic heterocycles. The lowest BCUT2D eigenvalue weighted by atomic mass is 10.1. The minimum atomic E-state index is -0.207. The standard InChI is InChI=1S/C54H54Cl4N6O4/c55-47-21-39-29-59-15-7-17-61-31-41-23-49(57)27-45(53(41)67)35-64(20-14-38-11-5-2-6-12-38)36-46-28-50(58)24-42(54(46)68)32-62-18-8-16-60-30-40-22-48(56)26-44(52(40)66)34-63(33-43(25-47)51(39)65)19-13-37-9-3-1-4-10-37/h1-6,9-12,21-32,65-68H,7-8,13-20,33-36H2/p-4. The summed E-state index contributed by atoms with van der Waals surface area (Å²) in [6, 6.07) is 33.0. The Labute approximate surface area is 418 Å². The van der Waals surface area contributed by atoms with E-state index in [-0.39, 0.29) is 49.2 Å². The third kappa shape index (κ3) is 14.6. The van der Waals surface area contributed by atoms with Gasteiger partial charge in [0.15, 0.2) is 0 Å². The van der Waals surface area contributed by atoms with Crippen molar-refractivity contribution in [3.8, 4) is 23.0 Å². The van der Waals surface area contributed by atoms with Crippen molar-refractivity contribution in [2.45, 2.75) is 51.9 Å². The topological polar surface area (TPSA) is 148 Å². The lowest BCUT2D eigenvalue weighted by molar-refractivity contribution is -0.271. The molecular formula is C54H50Cl4N6O4-4. The second-order valence-corrected chi connectivity index (χ2v) is 18.4. The van der Waals surface area contributed by atoms with Crippen LogP contribution in [0.2, 0.25) is 20.1 Å². The van der Waals surface area contributed by atoms with Gasteiger partial charge < -0.3 is 20.4 Å². The summed E-state index contributed by atoms with van der Waals surface area (Å²) in [6.45, 7) is 3.45. The summed E-state index contributed by atoms with van der Waals surface area (Å²) in [5.74, 6) is -0.829. The Morgan fingerprint density at radius 1 is 0.382 bits per heavy atom. The molecule has 6 aromatic rings. The molecule has 8 bridgehead atoms. The zero-order valence-corrected chi connectivity index (χ0v) is 40.5. The maximum atomic E-state index is 13.9. The SMILES string of the molecule is [O-]c1c2cc(Cl)cc1CN(CCc1ccccc1)Cc1cc(Cl)cc(c1[O-])C=NCCCN=Cc1cc(Cl)cc(c1[O-])CN(CCc1ccccc1)Cc1cc(Cl)cc(c1[O-])C=NCCCN=C2. The van der Waals surface area contributed by atoms with E-state index < -0.39 is 0 Å². The Morgan fingerprint density at radius 2 is 0.647 bits per heavy atom. The highest BCUT2D eigenvalue weighted by Gasteiger charge is 2.15. The normalized spacial score (nSPS) is 14.9. The fraction of sp³-hybridized carbons (Fsp3) is 0.259. The molecule has 0 saturated heterocycles. The van der Waals surface area contributed by atoms with Crippen LogP contribution in [0.3, 0.4) is 0 Å². The van der Waals surface area contributed by atoms with Crippen molar-refractivity contribution in [3.63, 3.8) is 0 Å². The van der Waals surface area contributed by atoms with Gasteiger partial charge in [-0.25, -0.2) is 0 Å². The number of fused-ring (bicyclic) bond motifs is 8. The summed E-state index contributed by atoms with van der Waals surface area (Å²) in [7, 11) is 0. The lowest BCUT2D eigenvalue weighted by Crippen LogP contribution is -2.27. The summed E-state index contributed by atoms with van der Waals surface area (Å²) < 4.78 is 0. The minimum absolute atomic E-state index is 0.207. The van der Waals surface area contributed by atoms with E-state index in [0.29, 0.717) is 130 Å². The van der Waals surface area contributed by atoms with Gasteiger partial charge in [-0.3, -0.25) is 29.8 Å². The highest BCUT2D eigenvalue weighted by atomic mass is 35.5. The van der Waals surface area contributed by atoms with Gasteiger partial charge in [0, 0.05) is 110 Å². The zero-order chi connectivity index (χ0) is 47.8. The molecule has 10 nitrogen and oxygen atoms in total. The molecule has 0 spiro atoms. The van der Waals surface area contributed by atoms with Gasteiger partial charge in [0.05, 0.1) is 0 Å². The molecule has 1 aliphatic rings. The van der Waals surface area contributed by atoms with Crippen LogP contribution in [0.5, 0.6) is 23.0 Å². The Balaban J connectivity index is 1.17. The first-order chi connectivity index (χ1) is 33.0. The van der Waals surface area contributed by atoms with Gasteiger partial charge in [0.1, 0.15) is 0 Å². The number of benzene rings is 6. The molecule has 352 valence electrons. The molecular weight excluding hydrogens is 938 g/mol. The van der Waals surface area contributed by atoms with Crippen LogP contribution in [0.1, 0.15) is 68.5 Å². The number of nitrogens with zero attached hydrogens (tertiary/aromatic N) is 6. The van der Waals surface area contributed by atoms with E-state index in [1.54, 1.807) is 48.5 Å². The third-order valence-corrected chi connectivity index (χ3v) is 12.3. The molecule has 7 rings (SSSR count). The number of halogens is 4. The molecule has 0 N–H and O–H groups in total. The molecule has 0 aromatic heterocycles. The van der Waals surface area contributed by atoms with E-state index in [4.69, 9.17) is 46.4 Å². The first-order valence-corrected chi connectivity index (χ1v) is 24.0. The summed E-state index contributed by atoms with van der Waals surface area (Å²) in [5, 5.41) is 57.1. The van der Waals surface area contributed by atoms with Crippen molar-refractivity contribution in [2.75, 3.05) is 39.3 Å². The van der Waals surface area contributed by atoms with Gasteiger partial charge in [-0.15, -0.1) is 0 Å². The van der Waals surface area contributed by atoms with Crippen molar-refractivity contribution in [1.29, 1.82) is 0 Å². The largest absolute Gasteiger partial charge is 0.872 e. The fourth-order valence-corrected chi connectivity index (χ4v) is 8.96. The second kappa shape index (κ2) is 25.1. The second-order valence-electron chi connectivity index (χ2n) is 16.7. The molecule has 1 heterocycles. The van der Waals surface area contributed by atoms with Crippen LogP contribution in [-0.2, 0) is 39.0 Å². The van der Waals surface area contributed by atoms with Crippen LogP contribution < -0.4 is 20.4 Å². The maximum Gasteiger partial charge on any atom is 0.0415 e. The lowest BCUT2D eigenvalue weighted by Gasteiger charge is -2.28. The van der Waals surface area contributed by atoms with Crippen molar-refractivity contribution >= 4 is 71.3 Å². The predicted molar refractivity (Wildman–Crippen MR) is 271 cm³/mol. The van der Waals surface area contributed by atoms with Gasteiger partial charge in [-0.2, -0.15) is 0 Å². The first kappa shape index (κ1) is 50.2. The fourth-order valence-electron chi connectivity index (χ4n) is 7.96. The highest BCUT2D eigenvalue weighted by Crippen LogP contribution is 2.31. The molecule has 14 heteroatoms. The van der Waals surface area contributed by atoms with Crippen LogP contribution in [0.15, 0.2) is 129 Å². The Hall–Kier alpha value is -5.72. The van der Waals surface area contributed by atoms with Crippen molar-refractivity contribution in [3.05, 3.63) is 185 Å². The number of rotatable bonds is 6. The van der Waals surface area contributed by atoms with Crippen molar-refractivity contribution < 1.29 is 20.4 Å². The summed E-state index contributed by atoms with van der Waals surface area (Å²) in [4.78, 5) is 22.2. The van der Waals surface area contributed by atoms with Crippen LogP contribution >= 0.6 is 46.4 Å². The summed E-state index contributed by atoms with van der Waals surface area (Å²) in [5.41, 5.74) is 5.51. The van der Waals surface area contributed by atoms with E-state index >= 15 is 0 Å². The molecule has 0 aliphatic carbocycles. The van der Waals surface area contributed by atoms with Crippen LogP contribution in [0.25, 0.3) is 0 Å². The quantitative estimate of drug-likeness (QED) is 0.163. The molecule has 6 aromatic carbocycles. The van der Waals surface area contributed by atoms with Crippen LogP contribution in [0, 0.1) is 0 Å².